The largest absolute Gasteiger partial charge is 0.388 e. The molecule has 1 aromatic carbocycles. The van der Waals surface area contributed by atoms with Crippen molar-refractivity contribution in [2.75, 3.05) is 13.1 Å². The number of nitrogens with one attached hydrogen (secondary N) is 1. The van der Waals surface area contributed by atoms with Crippen LogP contribution >= 0.6 is 0 Å². The summed E-state index contributed by atoms with van der Waals surface area (Å²) in [6.07, 6.45) is 1.02. The lowest BCUT2D eigenvalue weighted by Gasteiger charge is -2.18. The Hall–Kier alpha value is -1.26. The van der Waals surface area contributed by atoms with E-state index >= 15 is 0 Å². The molecule has 0 spiro atoms. The van der Waals surface area contributed by atoms with E-state index in [1.54, 1.807) is 6.08 Å². The molecule has 1 atom stereocenters. The normalized spacial score (nSPS) is 21.3. The molecule has 1 heterocycles. The monoisotopic (exact) mass is 211 g/mol. The summed E-state index contributed by atoms with van der Waals surface area (Å²) in [7, 11) is 0. The Morgan fingerprint density at radius 2 is 1.87 bits per heavy atom. The van der Waals surface area contributed by atoms with E-state index in [1.807, 2.05) is 0 Å². The van der Waals surface area contributed by atoms with E-state index in [1.165, 1.54) is 12.1 Å². The second-order valence-electron chi connectivity index (χ2n) is 3.55. The van der Waals surface area contributed by atoms with Crippen LogP contribution in [0.3, 0.4) is 0 Å². The van der Waals surface area contributed by atoms with Crippen molar-refractivity contribution in [3.05, 3.63) is 41.5 Å². The molecular weight excluding hydrogens is 200 g/mol. The maximum atomic E-state index is 12.9. The van der Waals surface area contributed by atoms with Gasteiger partial charge in [-0.2, -0.15) is 0 Å². The van der Waals surface area contributed by atoms with E-state index in [2.05, 4.69) is 5.32 Å². The minimum atomic E-state index is -0.606. The molecule has 80 valence electrons. The molecule has 0 saturated carbocycles. The number of aliphatic hydroxyl groups is 1. The van der Waals surface area contributed by atoms with Gasteiger partial charge in [-0.1, -0.05) is 0 Å². The molecule has 4 heteroatoms. The molecule has 1 aromatic rings. The maximum absolute atomic E-state index is 12.9. The number of rotatable bonds is 1. The smallest absolute Gasteiger partial charge is 0.126 e. The van der Waals surface area contributed by atoms with E-state index in [0.717, 1.165) is 6.07 Å². The first-order chi connectivity index (χ1) is 7.15. The van der Waals surface area contributed by atoms with Gasteiger partial charge < -0.3 is 10.4 Å². The first-order valence-corrected chi connectivity index (χ1v) is 4.71. The molecule has 2 nitrogen and oxygen atoms in total. The lowest BCUT2D eigenvalue weighted by atomic mass is 10.0. The fourth-order valence-corrected chi connectivity index (χ4v) is 1.64. The molecule has 1 unspecified atom stereocenters. The zero-order valence-electron chi connectivity index (χ0n) is 8.00. The summed E-state index contributed by atoms with van der Waals surface area (Å²) >= 11 is 0. The summed E-state index contributed by atoms with van der Waals surface area (Å²) in [6, 6.07) is 3.35. The van der Waals surface area contributed by atoms with Crippen molar-refractivity contribution < 1.29 is 13.9 Å². The summed E-state index contributed by atoms with van der Waals surface area (Å²) in [5.41, 5.74) is 1.19. The van der Waals surface area contributed by atoms with Crippen molar-refractivity contribution in [3.63, 3.8) is 0 Å². The SMILES string of the molecule is OC1C=C(c2cc(F)cc(F)c2)CNC1. The molecule has 2 N–H and O–H groups in total. The Labute approximate surface area is 86.2 Å². The van der Waals surface area contributed by atoms with Crippen LogP contribution in [0.15, 0.2) is 24.3 Å². The highest BCUT2D eigenvalue weighted by Crippen LogP contribution is 2.19. The third-order valence-electron chi connectivity index (χ3n) is 2.30. The van der Waals surface area contributed by atoms with E-state index in [9.17, 15) is 13.9 Å². The van der Waals surface area contributed by atoms with Gasteiger partial charge in [0.1, 0.15) is 11.6 Å². The van der Waals surface area contributed by atoms with Gasteiger partial charge in [0.25, 0.3) is 0 Å². The van der Waals surface area contributed by atoms with Crippen molar-refractivity contribution in [2.24, 2.45) is 0 Å². The lowest BCUT2D eigenvalue weighted by Crippen LogP contribution is -2.31. The molecule has 1 aliphatic rings. The third kappa shape index (κ3) is 2.40. The topological polar surface area (TPSA) is 32.3 Å². The summed E-state index contributed by atoms with van der Waals surface area (Å²) in [5.74, 6) is -1.21. The minimum absolute atomic E-state index is 0.471. The summed E-state index contributed by atoms with van der Waals surface area (Å²) in [4.78, 5) is 0. The molecule has 1 aliphatic heterocycles. The Morgan fingerprint density at radius 3 is 2.47 bits per heavy atom. The summed E-state index contributed by atoms with van der Waals surface area (Å²) < 4.78 is 25.9. The molecular formula is C11H11F2NO. The molecule has 0 bridgehead atoms. The van der Waals surface area contributed by atoms with E-state index in [4.69, 9.17) is 0 Å². The van der Waals surface area contributed by atoms with Gasteiger partial charge in [-0.05, 0) is 29.3 Å². The van der Waals surface area contributed by atoms with Crippen LogP contribution in [0.1, 0.15) is 5.56 Å². The van der Waals surface area contributed by atoms with Gasteiger partial charge in [0.2, 0.25) is 0 Å². The highest BCUT2D eigenvalue weighted by molar-refractivity contribution is 5.68. The minimum Gasteiger partial charge on any atom is -0.388 e. The first-order valence-electron chi connectivity index (χ1n) is 4.71. The van der Waals surface area contributed by atoms with E-state index < -0.39 is 17.7 Å². The van der Waals surface area contributed by atoms with Gasteiger partial charge in [0, 0.05) is 19.2 Å². The van der Waals surface area contributed by atoms with Gasteiger partial charge in [-0.15, -0.1) is 0 Å². The third-order valence-corrected chi connectivity index (χ3v) is 2.30. The maximum Gasteiger partial charge on any atom is 0.126 e. The van der Waals surface area contributed by atoms with Crippen LogP contribution in [0.5, 0.6) is 0 Å². The van der Waals surface area contributed by atoms with Gasteiger partial charge in [-0.3, -0.25) is 0 Å². The lowest BCUT2D eigenvalue weighted by molar-refractivity contribution is 0.217. The number of β-amino-alcohol motifs (C(OH)–C–C–N with tert-alkyl or cyclic N) is 1. The van der Waals surface area contributed by atoms with Gasteiger partial charge in [-0.25, -0.2) is 8.78 Å². The van der Waals surface area contributed by atoms with Crippen LogP contribution in [0, 0.1) is 11.6 Å². The van der Waals surface area contributed by atoms with Crippen LogP contribution in [0.25, 0.3) is 5.57 Å². The Balaban J connectivity index is 2.36. The standard InChI is InChI=1S/C11H11F2NO/c12-9-1-7(2-10(13)4-9)8-3-11(15)6-14-5-8/h1-4,11,14-15H,5-6H2. The van der Waals surface area contributed by atoms with Gasteiger partial charge >= 0.3 is 0 Å². The van der Waals surface area contributed by atoms with Crippen LogP contribution in [-0.2, 0) is 0 Å². The molecule has 0 amide bonds. The van der Waals surface area contributed by atoms with Crippen LogP contribution in [0.4, 0.5) is 8.78 Å². The van der Waals surface area contributed by atoms with Crippen molar-refractivity contribution >= 4 is 5.57 Å². The first kappa shape index (κ1) is 10.3. The molecule has 0 radical (unpaired) electrons. The molecule has 15 heavy (non-hydrogen) atoms. The number of hydrogen-bond donors (Lipinski definition) is 2. The molecule has 0 aromatic heterocycles. The number of hydrogen-bond acceptors (Lipinski definition) is 2. The number of halogens is 2. The number of benzene rings is 1. The molecule has 0 aliphatic carbocycles. The summed E-state index contributed by atoms with van der Waals surface area (Å²) in [5, 5.41) is 12.3. The van der Waals surface area contributed by atoms with Crippen LogP contribution in [-0.4, -0.2) is 24.3 Å². The zero-order valence-corrected chi connectivity index (χ0v) is 8.00. The van der Waals surface area contributed by atoms with Crippen LogP contribution in [0.2, 0.25) is 0 Å². The predicted octanol–water partition coefficient (Wildman–Crippen LogP) is 1.31. The molecule has 2 rings (SSSR count). The molecule has 0 fully saturated rings. The van der Waals surface area contributed by atoms with Gasteiger partial charge in [0.05, 0.1) is 6.10 Å². The Kier molecular flexibility index (Phi) is 2.79. The fourth-order valence-electron chi connectivity index (χ4n) is 1.64. The highest BCUT2D eigenvalue weighted by Gasteiger charge is 2.12. The van der Waals surface area contributed by atoms with Crippen molar-refractivity contribution in [3.8, 4) is 0 Å². The van der Waals surface area contributed by atoms with Crippen molar-refractivity contribution in [2.45, 2.75) is 6.10 Å². The Morgan fingerprint density at radius 1 is 1.20 bits per heavy atom. The van der Waals surface area contributed by atoms with Crippen molar-refractivity contribution in [1.82, 2.24) is 5.32 Å². The van der Waals surface area contributed by atoms with Crippen molar-refractivity contribution in [1.29, 1.82) is 0 Å². The second-order valence-corrected chi connectivity index (χ2v) is 3.55. The quantitative estimate of drug-likeness (QED) is 0.734. The second kappa shape index (κ2) is 4.08. The fraction of sp³-hybridized carbons (Fsp3) is 0.273. The number of aliphatic hydroxyl groups excluding tert-OH is 1. The highest BCUT2D eigenvalue weighted by atomic mass is 19.1. The average molecular weight is 211 g/mol. The van der Waals surface area contributed by atoms with E-state index in [0.29, 0.717) is 24.2 Å². The predicted molar refractivity (Wildman–Crippen MR) is 53.2 cm³/mol. The summed E-state index contributed by atoms with van der Waals surface area (Å²) in [6.45, 7) is 0.987. The van der Waals surface area contributed by atoms with E-state index in [-0.39, 0.29) is 0 Å². The van der Waals surface area contributed by atoms with Crippen LogP contribution < -0.4 is 5.32 Å². The Bertz CT molecular complexity index is 383. The average Bonchev–Trinajstić information content (AvgIpc) is 2.16. The van der Waals surface area contributed by atoms with Gasteiger partial charge in [0.15, 0.2) is 0 Å². The molecule has 0 saturated heterocycles. The zero-order chi connectivity index (χ0) is 10.8.